The van der Waals surface area contributed by atoms with Gasteiger partial charge in [0, 0.05) is 25.8 Å². The van der Waals surface area contributed by atoms with Gasteiger partial charge in [-0.2, -0.15) is 0 Å². The van der Waals surface area contributed by atoms with Crippen LogP contribution in [0.15, 0.2) is 0 Å². The topological polar surface area (TPSA) is 24.5 Å². The normalized spacial score (nSPS) is 35.8. The number of rotatable bonds is 4. The molecule has 0 spiro atoms. The Hall–Kier alpha value is -0.120. The molecule has 3 atom stereocenters. The van der Waals surface area contributed by atoms with Crippen LogP contribution in [-0.4, -0.2) is 50.8 Å². The number of ether oxygens (including phenoxy) is 1. The van der Waals surface area contributed by atoms with E-state index in [0.29, 0.717) is 6.04 Å². The highest BCUT2D eigenvalue weighted by atomic mass is 16.5. The number of nitrogens with one attached hydrogen (secondary N) is 1. The van der Waals surface area contributed by atoms with Crippen molar-refractivity contribution in [3.8, 4) is 0 Å². The Morgan fingerprint density at radius 2 is 1.89 bits per heavy atom. The molecule has 1 saturated carbocycles. The summed E-state index contributed by atoms with van der Waals surface area (Å²) in [6, 6.07) is 1.47. The van der Waals surface area contributed by atoms with E-state index in [1.165, 1.54) is 45.2 Å². The second-order valence-electron chi connectivity index (χ2n) is 6.32. The summed E-state index contributed by atoms with van der Waals surface area (Å²) in [5.74, 6) is 1.69. The smallest absolute Gasteiger partial charge is 0.0491 e. The van der Waals surface area contributed by atoms with Crippen LogP contribution in [0.5, 0.6) is 0 Å². The maximum absolute atomic E-state index is 5.29. The molecule has 1 saturated heterocycles. The maximum atomic E-state index is 5.29. The highest BCUT2D eigenvalue weighted by molar-refractivity contribution is 4.91. The summed E-state index contributed by atoms with van der Waals surface area (Å²) >= 11 is 0. The third kappa shape index (κ3) is 3.46. The van der Waals surface area contributed by atoms with Gasteiger partial charge in [0.25, 0.3) is 0 Å². The van der Waals surface area contributed by atoms with Crippen molar-refractivity contribution in [2.24, 2.45) is 11.8 Å². The number of hydrogen-bond acceptors (Lipinski definition) is 3. The van der Waals surface area contributed by atoms with E-state index in [1.54, 1.807) is 0 Å². The Labute approximate surface area is 112 Å². The summed E-state index contributed by atoms with van der Waals surface area (Å²) in [5, 5.41) is 3.54. The Bertz CT molecular complexity index is 239. The third-order valence-corrected chi connectivity index (χ3v) is 4.97. The molecule has 1 aliphatic heterocycles. The minimum atomic E-state index is 0.708. The van der Waals surface area contributed by atoms with Gasteiger partial charge in [-0.3, -0.25) is 4.90 Å². The Kier molecular flexibility index (Phi) is 5.46. The number of nitrogens with zero attached hydrogens (tertiary/aromatic N) is 1. The predicted molar refractivity (Wildman–Crippen MR) is 75.8 cm³/mol. The zero-order valence-corrected chi connectivity index (χ0v) is 12.3. The van der Waals surface area contributed by atoms with Crippen molar-refractivity contribution >= 4 is 0 Å². The molecule has 1 aliphatic carbocycles. The van der Waals surface area contributed by atoms with Crippen molar-refractivity contribution in [3.63, 3.8) is 0 Å². The SMILES string of the molecule is CNC1CCC(C)CC1N1CCC(COC)CC1. The Balaban J connectivity index is 1.86. The molecule has 0 aromatic heterocycles. The fraction of sp³-hybridized carbons (Fsp3) is 1.00. The van der Waals surface area contributed by atoms with E-state index in [-0.39, 0.29) is 0 Å². The summed E-state index contributed by atoms with van der Waals surface area (Å²) in [6.07, 6.45) is 6.74. The van der Waals surface area contributed by atoms with Crippen LogP contribution < -0.4 is 5.32 Å². The van der Waals surface area contributed by atoms with Gasteiger partial charge in [0.05, 0.1) is 0 Å². The number of hydrogen-bond donors (Lipinski definition) is 1. The molecule has 1 N–H and O–H groups in total. The first kappa shape index (κ1) is 14.3. The minimum Gasteiger partial charge on any atom is -0.384 e. The van der Waals surface area contributed by atoms with Crippen LogP contribution >= 0.6 is 0 Å². The maximum Gasteiger partial charge on any atom is 0.0491 e. The van der Waals surface area contributed by atoms with Gasteiger partial charge in [0.2, 0.25) is 0 Å². The molecule has 0 amide bonds. The van der Waals surface area contributed by atoms with E-state index >= 15 is 0 Å². The molecule has 0 bridgehead atoms. The molecule has 0 radical (unpaired) electrons. The third-order valence-electron chi connectivity index (χ3n) is 4.97. The highest BCUT2D eigenvalue weighted by Crippen LogP contribution is 2.30. The molecule has 2 rings (SSSR count). The summed E-state index contributed by atoms with van der Waals surface area (Å²) in [6.45, 7) is 5.90. The average Bonchev–Trinajstić information content (AvgIpc) is 2.40. The van der Waals surface area contributed by atoms with Crippen LogP contribution in [0, 0.1) is 11.8 Å². The van der Waals surface area contributed by atoms with Gasteiger partial charge < -0.3 is 10.1 Å². The lowest BCUT2D eigenvalue weighted by atomic mass is 9.81. The van der Waals surface area contributed by atoms with Crippen LogP contribution in [-0.2, 0) is 4.74 Å². The number of likely N-dealkylation sites (N-methyl/N-ethyl adjacent to an activating group) is 1. The molecule has 0 aromatic carbocycles. The summed E-state index contributed by atoms with van der Waals surface area (Å²) in [7, 11) is 3.96. The molecular formula is C15H30N2O. The first-order valence-electron chi connectivity index (χ1n) is 7.64. The van der Waals surface area contributed by atoms with Gasteiger partial charge in [-0.15, -0.1) is 0 Å². The van der Waals surface area contributed by atoms with Crippen LogP contribution in [0.2, 0.25) is 0 Å². The van der Waals surface area contributed by atoms with Crippen molar-refractivity contribution in [1.82, 2.24) is 10.2 Å². The van der Waals surface area contributed by atoms with Gasteiger partial charge in [0.15, 0.2) is 0 Å². The van der Waals surface area contributed by atoms with Gasteiger partial charge >= 0.3 is 0 Å². The molecule has 18 heavy (non-hydrogen) atoms. The van der Waals surface area contributed by atoms with E-state index in [4.69, 9.17) is 4.74 Å². The van der Waals surface area contributed by atoms with Crippen LogP contribution in [0.4, 0.5) is 0 Å². The van der Waals surface area contributed by atoms with Crippen molar-refractivity contribution in [2.45, 2.75) is 51.1 Å². The number of likely N-dealkylation sites (tertiary alicyclic amines) is 1. The highest BCUT2D eigenvalue weighted by Gasteiger charge is 2.33. The Morgan fingerprint density at radius 1 is 1.17 bits per heavy atom. The first-order chi connectivity index (χ1) is 8.74. The zero-order valence-electron chi connectivity index (χ0n) is 12.3. The monoisotopic (exact) mass is 254 g/mol. The lowest BCUT2D eigenvalue weighted by molar-refractivity contribution is 0.0477. The molecule has 1 heterocycles. The molecule has 106 valence electrons. The van der Waals surface area contributed by atoms with E-state index in [9.17, 15) is 0 Å². The van der Waals surface area contributed by atoms with Crippen molar-refractivity contribution in [3.05, 3.63) is 0 Å². The first-order valence-corrected chi connectivity index (χ1v) is 7.64. The molecule has 2 fully saturated rings. The van der Waals surface area contributed by atoms with Gasteiger partial charge in [0.1, 0.15) is 0 Å². The molecule has 3 unspecified atom stereocenters. The van der Waals surface area contributed by atoms with Gasteiger partial charge in [-0.05, 0) is 64.1 Å². The lowest BCUT2D eigenvalue weighted by Gasteiger charge is -2.44. The second-order valence-corrected chi connectivity index (χ2v) is 6.32. The molecule has 3 nitrogen and oxygen atoms in total. The predicted octanol–water partition coefficient (Wildman–Crippen LogP) is 2.12. The van der Waals surface area contributed by atoms with Crippen LogP contribution in [0.3, 0.4) is 0 Å². The van der Waals surface area contributed by atoms with Crippen molar-refractivity contribution in [1.29, 1.82) is 0 Å². The summed E-state index contributed by atoms with van der Waals surface area (Å²) < 4.78 is 5.29. The summed E-state index contributed by atoms with van der Waals surface area (Å²) in [5.41, 5.74) is 0. The quantitative estimate of drug-likeness (QED) is 0.832. The van der Waals surface area contributed by atoms with Crippen molar-refractivity contribution in [2.75, 3.05) is 33.9 Å². The van der Waals surface area contributed by atoms with Crippen LogP contribution in [0.25, 0.3) is 0 Å². The minimum absolute atomic E-state index is 0.708. The average molecular weight is 254 g/mol. The Morgan fingerprint density at radius 3 is 2.50 bits per heavy atom. The fourth-order valence-corrected chi connectivity index (χ4v) is 3.78. The van der Waals surface area contributed by atoms with Gasteiger partial charge in [-0.25, -0.2) is 0 Å². The van der Waals surface area contributed by atoms with E-state index < -0.39 is 0 Å². The number of piperidine rings is 1. The zero-order chi connectivity index (χ0) is 13.0. The molecule has 0 aromatic rings. The van der Waals surface area contributed by atoms with E-state index in [1.807, 2.05) is 7.11 Å². The van der Waals surface area contributed by atoms with Gasteiger partial charge in [-0.1, -0.05) is 6.92 Å². The van der Waals surface area contributed by atoms with Crippen LogP contribution in [0.1, 0.15) is 39.0 Å². The fourth-order valence-electron chi connectivity index (χ4n) is 3.78. The molecule has 3 heteroatoms. The largest absolute Gasteiger partial charge is 0.384 e. The number of methoxy groups -OCH3 is 1. The molecular weight excluding hydrogens is 224 g/mol. The van der Waals surface area contributed by atoms with E-state index in [0.717, 1.165) is 24.5 Å². The van der Waals surface area contributed by atoms with E-state index in [2.05, 4.69) is 24.2 Å². The lowest BCUT2D eigenvalue weighted by Crippen LogP contribution is -2.54. The molecule has 2 aliphatic rings. The van der Waals surface area contributed by atoms with Crippen molar-refractivity contribution < 1.29 is 4.74 Å². The standard InChI is InChI=1S/C15H30N2O/c1-12-4-5-14(16-2)15(10-12)17-8-6-13(7-9-17)11-18-3/h12-16H,4-11H2,1-3H3. The summed E-state index contributed by atoms with van der Waals surface area (Å²) in [4.78, 5) is 2.74. The second kappa shape index (κ2) is 6.88.